The van der Waals surface area contributed by atoms with E-state index in [-0.39, 0.29) is 12.3 Å². The predicted molar refractivity (Wildman–Crippen MR) is 94.7 cm³/mol. The van der Waals surface area contributed by atoms with Gasteiger partial charge in [0, 0.05) is 18.6 Å². The van der Waals surface area contributed by atoms with Gasteiger partial charge in [-0.3, -0.25) is 0 Å². The lowest BCUT2D eigenvalue weighted by Crippen LogP contribution is -2.32. The van der Waals surface area contributed by atoms with Crippen molar-refractivity contribution in [2.75, 3.05) is 20.7 Å². The van der Waals surface area contributed by atoms with Crippen molar-refractivity contribution < 1.29 is 18.3 Å². The number of methoxy groups -OCH3 is 1. The van der Waals surface area contributed by atoms with Crippen molar-refractivity contribution in [1.29, 1.82) is 0 Å². The monoisotopic (exact) mass is 369 g/mol. The minimum absolute atomic E-state index is 0.0425. The summed E-state index contributed by atoms with van der Waals surface area (Å²) in [6.07, 6.45) is -0.929. The van der Waals surface area contributed by atoms with Crippen LogP contribution in [0, 0.1) is 0 Å². The third-order valence-corrected chi connectivity index (χ3v) is 5.84. The van der Waals surface area contributed by atoms with E-state index in [1.54, 1.807) is 55.6 Å². The molecule has 0 spiro atoms. The van der Waals surface area contributed by atoms with Gasteiger partial charge in [-0.2, -0.15) is 0 Å². The maximum Gasteiger partial charge on any atom is 0.218 e. The maximum atomic E-state index is 12.5. The zero-order chi connectivity index (χ0) is 17.7. The first kappa shape index (κ1) is 18.7. The van der Waals surface area contributed by atoms with Gasteiger partial charge in [-0.25, -0.2) is 12.7 Å². The van der Waals surface area contributed by atoms with Crippen LogP contribution in [0.2, 0.25) is 5.02 Å². The number of aliphatic hydroxyl groups excluding tert-OH is 1. The number of hydrogen-bond acceptors (Lipinski definition) is 4. The second-order valence-electron chi connectivity index (χ2n) is 5.42. The number of rotatable bonds is 7. The van der Waals surface area contributed by atoms with Gasteiger partial charge in [0.25, 0.3) is 0 Å². The summed E-state index contributed by atoms with van der Waals surface area (Å²) in [6, 6.07) is 13.7. The van der Waals surface area contributed by atoms with Crippen LogP contribution in [0.15, 0.2) is 48.5 Å². The van der Waals surface area contributed by atoms with Crippen molar-refractivity contribution in [2.24, 2.45) is 0 Å². The molecule has 0 heterocycles. The molecule has 0 radical (unpaired) electrons. The fourth-order valence-corrected chi connectivity index (χ4v) is 3.73. The van der Waals surface area contributed by atoms with Gasteiger partial charge in [-0.05, 0) is 29.3 Å². The number of aliphatic hydroxyl groups is 1. The molecule has 2 aromatic rings. The van der Waals surface area contributed by atoms with Crippen molar-refractivity contribution in [3.63, 3.8) is 0 Å². The minimum Gasteiger partial charge on any atom is -0.497 e. The summed E-state index contributed by atoms with van der Waals surface area (Å²) in [5.41, 5.74) is 1.15. The van der Waals surface area contributed by atoms with Crippen LogP contribution in [0.25, 0.3) is 0 Å². The van der Waals surface area contributed by atoms with Gasteiger partial charge in [0.05, 0.1) is 19.0 Å². The van der Waals surface area contributed by atoms with Gasteiger partial charge < -0.3 is 9.84 Å². The van der Waals surface area contributed by atoms with Gasteiger partial charge >= 0.3 is 0 Å². The van der Waals surface area contributed by atoms with Crippen molar-refractivity contribution in [3.05, 3.63) is 64.7 Å². The number of hydrogen-bond donors (Lipinski definition) is 1. The highest BCUT2D eigenvalue weighted by molar-refractivity contribution is 7.88. The van der Waals surface area contributed by atoms with Crippen LogP contribution in [0.5, 0.6) is 5.75 Å². The summed E-state index contributed by atoms with van der Waals surface area (Å²) in [5.74, 6) is 0.462. The van der Waals surface area contributed by atoms with E-state index in [2.05, 4.69) is 0 Å². The molecule has 0 saturated carbocycles. The Hall–Kier alpha value is -1.60. The number of benzene rings is 2. The quantitative estimate of drug-likeness (QED) is 0.815. The Morgan fingerprint density at radius 1 is 1.17 bits per heavy atom. The molecule has 24 heavy (non-hydrogen) atoms. The van der Waals surface area contributed by atoms with Gasteiger partial charge in [0.15, 0.2) is 0 Å². The lowest BCUT2D eigenvalue weighted by atomic mass is 10.1. The molecule has 0 fully saturated rings. The lowest BCUT2D eigenvalue weighted by Gasteiger charge is -2.21. The molecular formula is C17H20ClNO4S. The summed E-state index contributed by atoms with van der Waals surface area (Å²) < 4.78 is 31.1. The Bertz CT molecular complexity index is 777. The molecule has 0 amide bonds. The minimum atomic E-state index is -3.59. The molecule has 0 aliphatic carbocycles. The Morgan fingerprint density at radius 3 is 2.38 bits per heavy atom. The maximum absolute atomic E-state index is 12.5. The lowest BCUT2D eigenvalue weighted by molar-refractivity contribution is 0.155. The van der Waals surface area contributed by atoms with Crippen LogP contribution in [0.1, 0.15) is 17.2 Å². The molecule has 0 saturated heterocycles. The Balaban J connectivity index is 2.06. The Kier molecular flexibility index (Phi) is 6.23. The number of nitrogens with zero attached hydrogens (tertiary/aromatic N) is 1. The first-order chi connectivity index (χ1) is 11.3. The standard InChI is InChI=1S/C17H20ClNO4S/c1-19(11-17(20)13-7-9-15(23-2)10-8-13)24(21,22)12-14-5-3-4-6-16(14)18/h3-10,17,20H,11-12H2,1-2H3. The molecule has 130 valence electrons. The van der Waals surface area contributed by atoms with Crippen LogP contribution in [-0.4, -0.2) is 38.5 Å². The summed E-state index contributed by atoms with van der Waals surface area (Å²) in [7, 11) is -0.588. The highest BCUT2D eigenvalue weighted by Gasteiger charge is 2.23. The zero-order valence-electron chi connectivity index (χ0n) is 13.5. The normalized spacial score (nSPS) is 13.0. The number of sulfonamides is 1. The highest BCUT2D eigenvalue weighted by atomic mass is 35.5. The molecule has 2 aromatic carbocycles. The van der Waals surface area contributed by atoms with E-state index < -0.39 is 16.1 Å². The van der Waals surface area contributed by atoms with Gasteiger partial charge in [-0.15, -0.1) is 0 Å². The third kappa shape index (κ3) is 4.70. The van der Waals surface area contributed by atoms with Crippen LogP contribution in [0.4, 0.5) is 0 Å². The van der Waals surface area contributed by atoms with Crippen LogP contribution in [0.3, 0.4) is 0 Å². The van der Waals surface area contributed by atoms with E-state index in [0.717, 1.165) is 4.31 Å². The SMILES string of the molecule is COc1ccc(C(O)CN(C)S(=O)(=O)Cc2ccccc2Cl)cc1. The zero-order valence-corrected chi connectivity index (χ0v) is 15.1. The molecule has 5 nitrogen and oxygen atoms in total. The molecule has 0 bridgehead atoms. The topological polar surface area (TPSA) is 66.8 Å². The Labute approximate surface area is 147 Å². The van der Waals surface area contributed by atoms with E-state index in [1.807, 2.05) is 0 Å². The summed E-state index contributed by atoms with van der Waals surface area (Å²) in [4.78, 5) is 0. The van der Waals surface area contributed by atoms with Gasteiger partial charge in [0.2, 0.25) is 10.0 Å². The van der Waals surface area contributed by atoms with Crippen molar-refractivity contribution in [3.8, 4) is 5.75 Å². The van der Waals surface area contributed by atoms with E-state index >= 15 is 0 Å². The molecule has 0 aromatic heterocycles. The Morgan fingerprint density at radius 2 is 1.79 bits per heavy atom. The van der Waals surface area contributed by atoms with E-state index in [0.29, 0.717) is 21.9 Å². The van der Waals surface area contributed by atoms with Gasteiger partial charge in [-0.1, -0.05) is 41.9 Å². The van der Waals surface area contributed by atoms with E-state index in [9.17, 15) is 13.5 Å². The number of ether oxygens (including phenoxy) is 1. The van der Waals surface area contributed by atoms with Crippen molar-refractivity contribution in [2.45, 2.75) is 11.9 Å². The molecule has 1 N–H and O–H groups in total. The summed E-state index contributed by atoms with van der Waals surface area (Å²) in [5, 5.41) is 10.7. The first-order valence-electron chi connectivity index (χ1n) is 7.33. The molecule has 1 unspecified atom stereocenters. The van der Waals surface area contributed by atoms with Crippen LogP contribution in [-0.2, 0) is 15.8 Å². The fraction of sp³-hybridized carbons (Fsp3) is 0.294. The third-order valence-electron chi connectivity index (χ3n) is 3.70. The van der Waals surface area contributed by atoms with E-state index in [1.165, 1.54) is 7.05 Å². The van der Waals surface area contributed by atoms with Crippen molar-refractivity contribution >= 4 is 21.6 Å². The molecule has 0 aliphatic heterocycles. The molecule has 7 heteroatoms. The predicted octanol–water partition coefficient (Wildman–Crippen LogP) is 2.84. The second kappa shape index (κ2) is 7.98. The molecule has 1 atom stereocenters. The average molecular weight is 370 g/mol. The number of halogens is 1. The van der Waals surface area contributed by atoms with E-state index in [4.69, 9.17) is 16.3 Å². The van der Waals surface area contributed by atoms with Gasteiger partial charge in [0.1, 0.15) is 5.75 Å². The average Bonchev–Trinajstić information content (AvgIpc) is 2.56. The fourth-order valence-electron chi connectivity index (χ4n) is 2.21. The first-order valence-corrected chi connectivity index (χ1v) is 9.31. The molecular weight excluding hydrogens is 350 g/mol. The smallest absolute Gasteiger partial charge is 0.218 e. The van der Waals surface area contributed by atoms with Crippen molar-refractivity contribution in [1.82, 2.24) is 4.31 Å². The summed E-state index contributed by atoms with van der Waals surface area (Å²) >= 11 is 6.02. The van der Waals surface area contributed by atoms with Crippen LogP contribution >= 0.6 is 11.6 Å². The number of likely N-dealkylation sites (N-methyl/N-ethyl adjacent to an activating group) is 1. The molecule has 2 rings (SSSR count). The highest BCUT2D eigenvalue weighted by Crippen LogP contribution is 2.22. The summed E-state index contributed by atoms with van der Waals surface area (Å²) in [6.45, 7) is -0.0425. The van der Waals surface area contributed by atoms with Crippen LogP contribution < -0.4 is 4.74 Å². The second-order valence-corrected chi connectivity index (χ2v) is 7.90. The largest absolute Gasteiger partial charge is 0.497 e. The molecule has 0 aliphatic rings.